The first kappa shape index (κ1) is 23.5. The Kier molecular flexibility index (Phi) is 6.95. The molecule has 0 heterocycles. The number of hydrogen-bond donors (Lipinski definition) is 2. The highest BCUT2D eigenvalue weighted by molar-refractivity contribution is 9.10. The summed E-state index contributed by atoms with van der Waals surface area (Å²) in [6.45, 7) is 0. The van der Waals surface area contributed by atoms with Crippen LogP contribution in [-0.2, 0) is 10.0 Å². The van der Waals surface area contributed by atoms with Crippen molar-refractivity contribution in [1.82, 2.24) is 5.43 Å². The number of hydrogen-bond acceptors (Lipinski definition) is 5. The number of carbonyl (C=O) groups is 1. The first-order chi connectivity index (χ1) is 16.4. The molecule has 0 saturated heterocycles. The van der Waals surface area contributed by atoms with E-state index in [-0.39, 0.29) is 4.90 Å². The molecule has 0 aromatic heterocycles. The molecule has 1 amide bonds. The molecule has 0 aliphatic rings. The highest BCUT2D eigenvalue weighted by Gasteiger charge is 2.14. The van der Waals surface area contributed by atoms with Crippen LogP contribution in [0.15, 0.2) is 99.4 Å². The van der Waals surface area contributed by atoms with E-state index >= 15 is 0 Å². The van der Waals surface area contributed by atoms with E-state index in [9.17, 15) is 13.2 Å². The molecule has 2 N–H and O–H groups in total. The summed E-state index contributed by atoms with van der Waals surface area (Å²) in [6, 6.07) is 24.0. The second kappa shape index (κ2) is 10.1. The van der Waals surface area contributed by atoms with Gasteiger partial charge in [0.05, 0.1) is 18.2 Å². The summed E-state index contributed by atoms with van der Waals surface area (Å²) >= 11 is 3.28. The zero-order chi connectivity index (χ0) is 24.1. The van der Waals surface area contributed by atoms with Gasteiger partial charge in [0.15, 0.2) is 0 Å². The number of fused-ring (bicyclic) bond motifs is 1. The van der Waals surface area contributed by atoms with Crippen LogP contribution in [0, 0.1) is 0 Å². The lowest BCUT2D eigenvalue weighted by atomic mass is 10.0. The number of sulfonamides is 1. The summed E-state index contributed by atoms with van der Waals surface area (Å²) in [5.41, 5.74) is 3.91. The lowest BCUT2D eigenvalue weighted by molar-refractivity contribution is 0.0955. The molecule has 9 heteroatoms. The van der Waals surface area contributed by atoms with Crippen LogP contribution in [0.1, 0.15) is 15.9 Å². The highest BCUT2D eigenvalue weighted by Crippen LogP contribution is 2.26. The van der Waals surface area contributed by atoms with Gasteiger partial charge in [-0.25, -0.2) is 13.8 Å². The molecule has 4 aromatic rings. The van der Waals surface area contributed by atoms with Crippen molar-refractivity contribution in [2.45, 2.75) is 4.90 Å². The van der Waals surface area contributed by atoms with Gasteiger partial charge in [0.2, 0.25) is 0 Å². The highest BCUT2D eigenvalue weighted by atomic mass is 79.9. The number of methoxy groups -OCH3 is 1. The van der Waals surface area contributed by atoms with Crippen LogP contribution >= 0.6 is 15.9 Å². The SMILES string of the molecule is COc1ccc2ccccc2c1/C=N\NC(=O)c1ccc(NS(=O)(=O)c2ccc(Br)cc2)cc1. The Morgan fingerprint density at radius 2 is 1.65 bits per heavy atom. The van der Waals surface area contributed by atoms with Crippen LogP contribution in [0.2, 0.25) is 0 Å². The summed E-state index contributed by atoms with van der Waals surface area (Å²) in [5.74, 6) is 0.205. The molecule has 0 atom stereocenters. The first-order valence-corrected chi connectivity index (χ1v) is 12.4. The van der Waals surface area contributed by atoms with Gasteiger partial charge in [-0.3, -0.25) is 9.52 Å². The fourth-order valence-corrected chi connectivity index (χ4v) is 4.65. The van der Waals surface area contributed by atoms with E-state index in [1.54, 1.807) is 25.5 Å². The molecular formula is C25H20BrN3O4S. The second-order valence-electron chi connectivity index (χ2n) is 7.24. The number of nitrogens with zero attached hydrogens (tertiary/aromatic N) is 1. The Hall–Kier alpha value is -3.69. The normalized spacial score (nSPS) is 11.5. The molecule has 0 aliphatic carbocycles. The molecule has 7 nitrogen and oxygen atoms in total. The second-order valence-corrected chi connectivity index (χ2v) is 9.84. The summed E-state index contributed by atoms with van der Waals surface area (Å²) in [4.78, 5) is 12.6. The lowest BCUT2D eigenvalue weighted by Crippen LogP contribution is -2.18. The number of carbonyl (C=O) groups excluding carboxylic acids is 1. The molecule has 0 bridgehead atoms. The van der Waals surface area contributed by atoms with Gasteiger partial charge in [-0.15, -0.1) is 0 Å². The van der Waals surface area contributed by atoms with Crippen molar-refractivity contribution in [3.63, 3.8) is 0 Å². The maximum atomic E-state index is 12.5. The number of nitrogens with one attached hydrogen (secondary N) is 2. The minimum absolute atomic E-state index is 0.135. The average Bonchev–Trinajstić information content (AvgIpc) is 2.84. The van der Waals surface area contributed by atoms with Gasteiger partial charge < -0.3 is 4.74 Å². The minimum atomic E-state index is -3.74. The number of ether oxygens (including phenoxy) is 1. The third-order valence-corrected chi connectivity index (χ3v) is 6.96. The maximum absolute atomic E-state index is 12.5. The Morgan fingerprint density at radius 1 is 0.941 bits per heavy atom. The summed E-state index contributed by atoms with van der Waals surface area (Å²) in [5, 5.41) is 6.06. The van der Waals surface area contributed by atoms with Gasteiger partial charge in [-0.1, -0.05) is 46.3 Å². The van der Waals surface area contributed by atoms with Crippen LogP contribution in [-0.4, -0.2) is 27.6 Å². The lowest BCUT2D eigenvalue weighted by Gasteiger charge is -2.09. The summed E-state index contributed by atoms with van der Waals surface area (Å²) in [6.07, 6.45) is 1.54. The Bertz CT molecular complexity index is 1470. The Morgan fingerprint density at radius 3 is 2.35 bits per heavy atom. The molecular weight excluding hydrogens is 518 g/mol. The predicted octanol–water partition coefficient (Wildman–Crippen LogP) is 5.18. The van der Waals surface area contributed by atoms with E-state index in [2.05, 4.69) is 31.2 Å². The third-order valence-electron chi connectivity index (χ3n) is 5.03. The average molecular weight is 538 g/mol. The minimum Gasteiger partial charge on any atom is -0.496 e. The topological polar surface area (TPSA) is 96.9 Å². The number of hydrazone groups is 1. The predicted molar refractivity (Wildman–Crippen MR) is 137 cm³/mol. The van der Waals surface area contributed by atoms with Gasteiger partial charge in [-0.05, 0) is 65.4 Å². The van der Waals surface area contributed by atoms with E-state index in [1.807, 2.05) is 36.4 Å². The molecule has 0 fully saturated rings. The van der Waals surface area contributed by atoms with E-state index in [1.165, 1.54) is 36.4 Å². The maximum Gasteiger partial charge on any atom is 0.271 e. The number of anilines is 1. The van der Waals surface area contributed by atoms with Crippen LogP contribution in [0.25, 0.3) is 10.8 Å². The Labute approximate surface area is 205 Å². The van der Waals surface area contributed by atoms with Crippen molar-refractivity contribution < 1.29 is 17.9 Å². The molecule has 0 unspecified atom stereocenters. The molecule has 0 aliphatic heterocycles. The van der Waals surface area contributed by atoms with E-state index < -0.39 is 15.9 Å². The van der Waals surface area contributed by atoms with Crippen molar-refractivity contribution in [3.8, 4) is 5.75 Å². The molecule has 0 saturated carbocycles. The molecule has 4 rings (SSSR count). The molecule has 4 aromatic carbocycles. The van der Waals surface area contributed by atoms with E-state index in [0.717, 1.165) is 20.8 Å². The standard InChI is InChI=1S/C25H20BrN3O4S/c1-33-24-15-8-17-4-2-3-5-22(17)23(24)16-27-28-25(30)18-6-11-20(12-7-18)29-34(31,32)21-13-9-19(26)10-14-21/h2-16,29H,1H3,(H,28,30)/b27-16-. The molecule has 34 heavy (non-hydrogen) atoms. The smallest absolute Gasteiger partial charge is 0.271 e. The van der Waals surface area contributed by atoms with E-state index in [4.69, 9.17) is 4.74 Å². The molecule has 0 radical (unpaired) electrons. The zero-order valence-corrected chi connectivity index (χ0v) is 20.4. The number of rotatable bonds is 7. The van der Waals surface area contributed by atoms with Crippen molar-refractivity contribution in [2.75, 3.05) is 11.8 Å². The first-order valence-electron chi connectivity index (χ1n) is 10.1. The van der Waals surface area contributed by atoms with Crippen molar-refractivity contribution in [1.29, 1.82) is 0 Å². The van der Waals surface area contributed by atoms with Crippen molar-refractivity contribution in [2.24, 2.45) is 5.10 Å². The van der Waals surface area contributed by atoms with Crippen molar-refractivity contribution >= 4 is 54.5 Å². The summed E-state index contributed by atoms with van der Waals surface area (Å²) in [7, 11) is -2.16. The van der Waals surface area contributed by atoms with Crippen LogP contribution in [0.3, 0.4) is 0 Å². The monoisotopic (exact) mass is 537 g/mol. The fourth-order valence-electron chi connectivity index (χ4n) is 3.32. The summed E-state index contributed by atoms with van der Waals surface area (Å²) < 4.78 is 33.7. The number of benzene rings is 4. The Balaban J connectivity index is 1.45. The zero-order valence-electron chi connectivity index (χ0n) is 18.0. The van der Waals surface area contributed by atoms with Crippen LogP contribution in [0.5, 0.6) is 5.75 Å². The van der Waals surface area contributed by atoms with Gasteiger partial charge in [0.1, 0.15) is 5.75 Å². The van der Waals surface area contributed by atoms with Gasteiger partial charge >= 0.3 is 0 Å². The number of halogens is 1. The number of amides is 1. The third kappa shape index (κ3) is 5.27. The molecule has 172 valence electrons. The largest absolute Gasteiger partial charge is 0.496 e. The van der Waals surface area contributed by atoms with Gasteiger partial charge in [-0.2, -0.15) is 5.10 Å². The quantitative estimate of drug-likeness (QED) is 0.251. The van der Waals surface area contributed by atoms with Crippen molar-refractivity contribution in [3.05, 3.63) is 101 Å². The van der Waals surface area contributed by atoms with Crippen LogP contribution in [0.4, 0.5) is 5.69 Å². The van der Waals surface area contributed by atoms with Crippen LogP contribution < -0.4 is 14.9 Å². The van der Waals surface area contributed by atoms with Gasteiger partial charge in [0.25, 0.3) is 15.9 Å². The van der Waals surface area contributed by atoms with E-state index in [0.29, 0.717) is 17.0 Å². The fraction of sp³-hybridized carbons (Fsp3) is 0.0400. The van der Waals surface area contributed by atoms with Gasteiger partial charge in [0, 0.05) is 21.3 Å². The molecule has 0 spiro atoms.